The highest BCUT2D eigenvalue weighted by molar-refractivity contribution is 5.01. The highest BCUT2D eigenvalue weighted by Crippen LogP contribution is 2.00. The van der Waals surface area contributed by atoms with E-state index in [1.165, 1.54) is 13.3 Å². The van der Waals surface area contributed by atoms with Crippen LogP contribution >= 0.6 is 0 Å². The lowest BCUT2D eigenvalue weighted by Gasteiger charge is -1.93. The molecular weight excluding hydrogens is 123 g/mol. The topological polar surface area (TPSA) is 35.0 Å². The average Bonchev–Trinajstić information content (AvgIpc) is 1.88. The van der Waals surface area contributed by atoms with Crippen LogP contribution in [0.5, 0.6) is 5.88 Å². The zero-order valence-corrected chi connectivity index (χ0v) is 4.84. The van der Waals surface area contributed by atoms with Crippen molar-refractivity contribution in [2.45, 2.75) is 0 Å². The van der Waals surface area contributed by atoms with E-state index in [0.717, 1.165) is 6.20 Å². The fourth-order valence-electron chi connectivity index (χ4n) is 0.424. The van der Waals surface area contributed by atoms with Crippen LogP contribution in [0, 0.1) is 5.95 Å². The zero-order chi connectivity index (χ0) is 6.69. The van der Waals surface area contributed by atoms with Crippen molar-refractivity contribution in [1.29, 1.82) is 0 Å². The third-order valence-corrected chi connectivity index (χ3v) is 0.792. The first kappa shape index (κ1) is 5.94. The van der Waals surface area contributed by atoms with Crippen LogP contribution < -0.4 is 4.74 Å². The van der Waals surface area contributed by atoms with Gasteiger partial charge in [0.2, 0.25) is 11.8 Å². The molecule has 0 amide bonds. The van der Waals surface area contributed by atoms with Gasteiger partial charge in [0.25, 0.3) is 0 Å². The third-order valence-electron chi connectivity index (χ3n) is 0.792. The Morgan fingerprint density at radius 3 is 2.78 bits per heavy atom. The molecule has 0 aromatic carbocycles. The summed E-state index contributed by atoms with van der Waals surface area (Å²) in [6.45, 7) is 0. The van der Waals surface area contributed by atoms with Crippen molar-refractivity contribution in [3.05, 3.63) is 18.3 Å². The molecule has 0 saturated heterocycles. The SMILES string of the molecule is COc1cncc(F)n1. The quantitative estimate of drug-likeness (QED) is 0.556. The minimum absolute atomic E-state index is 0.190. The van der Waals surface area contributed by atoms with E-state index in [1.54, 1.807) is 0 Å². The van der Waals surface area contributed by atoms with Crippen molar-refractivity contribution >= 4 is 0 Å². The largest absolute Gasteiger partial charge is 0.480 e. The van der Waals surface area contributed by atoms with Gasteiger partial charge in [-0.1, -0.05) is 0 Å². The smallest absolute Gasteiger partial charge is 0.234 e. The molecule has 0 radical (unpaired) electrons. The molecule has 1 aromatic heterocycles. The molecule has 48 valence electrons. The minimum Gasteiger partial charge on any atom is -0.480 e. The number of hydrogen-bond acceptors (Lipinski definition) is 3. The molecule has 0 aliphatic carbocycles. The fourth-order valence-corrected chi connectivity index (χ4v) is 0.424. The van der Waals surface area contributed by atoms with E-state index < -0.39 is 5.95 Å². The van der Waals surface area contributed by atoms with Crippen LogP contribution in [-0.2, 0) is 0 Å². The molecule has 3 nitrogen and oxygen atoms in total. The van der Waals surface area contributed by atoms with Crippen LogP contribution in [0.4, 0.5) is 4.39 Å². The van der Waals surface area contributed by atoms with E-state index in [2.05, 4.69) is 14.7 Å². The first-order valence-corrected chi connectivity index (χ1v) is 2.34. The van der Waals surface area contributed by atoms with Crippen LogP contribution in [-0.4, -0.2) is 17.1 Å². The van der Waals surface area contributed by atoms with Crippen molar-refractivity contribution in [2.24, 2.45) is 0 Å². The van der Waals surface area contributed by atoms with Crippen molar-refractivity contribution in [3.63, 3.8) is 0 Å². The molecule has 9 heavy (non-hydrogen) atoms. The molecule has 0 bridgehead atoms. The van der Waals surface area contributed by atoms with E-state index in [-0.39, 0.29) is 5.88 Å². The van der Waals surface area contributed by atoms with Crippen molar-refractivity contribution in [3.8, 4) is 5.88 Å². The van der Waals surface area contributed by atoms with Crippen LogP contribution in [0.15, 0.2) is 12.4 Å². The number of rotatable bonds is 1. The molecule has 0 atom stereocenters. The van der Waals surface area contributed by atoms with Gasteiger partial charge in [-0.25, -0.2) is 0 Å². The van der Waals surface area contributed by atoms with Gasteiger partial charge in [-0.2, -0.15) is 9.37 Å². The molecule has 4 heteroatoms. The number of aromatic nitrogens is 2. The number of nitrogens with zero attached hydrogens (tertiary/aromatic N) is 2. The van der Waals surface area contributed by atoms with Crippen molar-refractivity contribution < 1.29 is 9.13 Å². The lowest BCUT2D eigenvalue weighted by molar-refractivity contribution is 0.384. The predicted molar refractivity (Wildman–Crippen MR) is 28.5 cm³/mol. The molecule has 0 aliphatic heterocycles. The standard InChI is InChI=1S/C5H5FN2O/c1-9-5-3-7-2-4(6)8-5/h2-3H,1H3. The van der Waals surface area contributed by atoms with E-state index in [1.807, 2.05) is 0 Å². The Hall–Kier alpha value is -1.19. The van der Waals surface area contributed by atoms with Gasteiger partial charge in [0.15, 0.2) is 0 Å². The van der Waals surface area contributed by atoms with Crippen LogP contribution in [0.25, 0.3) is 0 Å². The van der Waals surface area contributed by atoms with Gasteiger partial charge in [-0.05, 0) is 0 Å². The molecular formula is C5H5FN2O. The second-order valence-electron chi connectivity index (χ2n) is 1.38. The van der Waals surface area contributed by atoms with Gasteiger partial charge in [0.1, 0.15) is 0 Å². The van der Waals surface area contributed by atoms with Crippen LogP contribution in [0.1, 0.15) is 0 Å². The lowest BCUT2D eigenvalue weighted by atomic mass is 10.7. The van der Waals surface area contributed by atoms with Gasteiger partial charge >= 0.3 is 0 Å². The van der Waals surface area contributed by atoms with E-state index in [9.17, 15) is 4.39 Å². The zero-order valence-electron chi connectivity index (χ0n) is 4.84. The monoisotopic (exact) mass is 128 g/mol. The Morgan fingerprint density at radius 1 is 1.56 bits per heavy atom. The first-order valence-electron chi connectivity index (χ1n) is 2.34. The normalized spacial score (nSPS) is 9.11. The van der Waals surface area contributed by atoms with Gasteiger partial charge in [-0.3, -0.25) is 4.98 Å². The summed E-state index contributed by atoms with van der Waals surface area (Å²) in [6.07, 6.45) is 2.35. The van der Waals surface area contributed by atoms with Crippen LogP contribution in [0.3, 0.4) is 0 Å². The summed E-state index contributed by atoms with van der Waals surface area (Å²) < 4.78 is 16.7. The summed E-state index contributed by atoms with van der Waals surface area (Å²) >= 11 is 0. The van der Waals surface area contributed by atoms with E-state index >= 15 is 0 Å². The van der Waals surface area contributed by atoms with E-state index in [0.29, 0.717) is 0 Å². The Morgan fingerprint density at radius 2 is 2.33 bits per heavy atom. The summed E-state index contributed by atoms with van der Waals surface area (Å²) in [7, 11) is 1.41. The van der Waals surface area contributed by atoms with Crippen molar-refractivity contribution in [2.75, 3.05) is 7.11 Å². The molecule has 1 rings (SSSR count). The third kappa shape index (κ3) is 1.35. The summed E-state index contributed by atoms with van der Waals surface area (Å²) in [6, 6.07) is 0. The highest BCUT2D eigenvalue weighted by Gasteiger charge is 1.93. The first-order chi connectivity index (χ1) is 4.33. The maximum Gasteiger partial charge on any atom is 0.234 e. The van der Waals surface area contributed by atoms with E-state index in [4.69, 9.17) is 0 Å². The number of ether oxygens (including phenoxy) is 1. The highest BCUT2D eigenvalue weighted by atomic mass is 19.1. The summed E-state index contributed by atoms with van der Waals surface area (Å²) in [4.78, 5) is 6.83. The summed E-state index contributed by atoms with van der Waals surface area (Å²) in [5.41, 5.74) is 0. The van der Waals surface area contributed by atoms with Gasteiger partial charge in [0.05, 0.1) is 19.5 Å². The molecule has 0 unspecified atom stereocenters. The fraction of sp³-hybridized carbons (Fsp3) is 0.200. The van der Waals surface area contributed by atoms with Crippen LogP contribution in [0.2, 0.25) is 0 Å². The summed E-state index contributed by atoms with van der Waals surface area (Å²) in [5.74, 6) is -0.440. The Bertz CT molecular complexity index is 204. The second kappa shape index (κ2) is 2.39. The molecule has 1 aromatic rings. The summed E-state index contributed by atoms with van der Waals surface area (Å²) in [5, 5.41) is 0. The number of halogens is 1. The molecule has 0 N–H and O–H groups in total. The number of methoxy groups -OCH3 is 1. The van der Waals surface area contributed by atoms with Crippen molar-refractivity contribution in [1.82, 2.24) is 9.97 Å². The molecule has 0 aliphatic rings. The lowest BCUT2D eigenvalue weighted by Crippen LogP contribution is -1.90. The van der Waals surface area contributed by atoms with Gasteiger partial charge < -0.3 is 4.74 Å². The molecule has 0 saturated carbocycles. The predicted octanol–water partition coefficient (Wildman–Crippen LogP) is 0.624. The Kier molecular flexibility index (Phi) is 1.58. The molecule has 0 spiro atoms. The second-order valence-corrected chi connectivity index (χ2v) is 1.38. The molecule has 0 fully saturated rings. The average molecular weight is 128 g/mol. The molecule has 1 heterocycles. The Labute approximate surface area is 51.5 Å². The minimum atomic E-state index is -0.630. The maximum atomic E-state index is 12.1. The van der Waals surface area contributed by atoms with Gasteiger partial charge in [0, 0.05) is 0 Å². The Balaban J connectivity index is 2.94. The number of hydrogen-bond donors (Lipinski definition) is 0. The van der Waals surface area contributed by atoms with Gasteiger partial charge in [-0.15, -0.1) is 0 Å². The maximum absolute atomic E-state index is 12.1.